The summed E-state index contributed by atoms with van der Waals surface area (Å²) in [6, 6.07) is 0.490. The number of rotatable bonds is 6. The van der Waals surface area contributed by atoms with E-state index < -0.39 is 10.0 Å². The van der Waals surface area contributed by atoms with Crippen LogP contribution in [-0.4, -0.2) is 87.2 Å². The van der Waals surface area contributed by atoms with Gasteiger partial charge in [0, 0.05) is 39.3 Å². The van der Waals surface area contributed by atoms with Crippen LogP contribution in [0.1, 0.15) is 32.1 Å². The molecule has 2 aliphatic heterocycles. The largest absolute Gasteiger partial charge is 0.338 e. The van der Waals surface area contributed by atoms with E-state index in [0.717, 1.165) is 32.6 Å². The lowest BCUT2D eigenvalue weighted by Crippen LogP contribution is -2.52. The molecule has 1 N–H and O–H groups in total. The van der Waals surface area contributed by atoms with Crippen molar-refractivity contribution in [3.05, 3.63) is 0 Å². The lowest BCUT2D eigenvalue weighted by molar-refractivity contribution is 0.125. The Labute approximate surface area is 140 Å². The summed E-state index contributed by atoms with van der Waals surface area (Å²) in [4.78, 5) is 16.7. The van der Waals surface area contributed by atoms with Gasteiger partial charge in [-0.2, -0.15) is 0 Å². The fourth-order valence-corrected chi connectivity index (χ4v) is 3.78. The fourth-order valence-electron chi connectivity index (χ4n) is 3.32. The molecule has 0 saturated carbocycles. The normalized spacial score (nSPS) is 23.4. The molecule has 2 rings (SSSR count). The van der Waals surface area contributed by atoms with Gasteiger partial charge in [-0.05, 0) is 45.2 Å². The second-order valence-electron chi connectivity index (χ2n) is 6.66. The Hall–Kier alpha value is -0.860. The van der Waals surface area contributed by atoms with Gasteiger partial charge in [0.15, 0.2) is 0 Å². The van der Waals surface area contributed by atoms with E-state index in [1.54, 1.807) is 7.05 Å². The summed E-state index contributed by atoms with van der Waals surface area (Å²) in [6.07, 6.45) is 6.61. The standard InChI is InChI=1S/C15H30N4O3S/c1-17(23(2,21)22)9-6-8-16-15(20)19-12-5-7-14(13-19)18-10-3-4-11-18/h14H,3-13H2,1-2H3,(H,16,20)/t14-/m0/s1. The molecule has 0 bridgehead atoms. The van der Waals surface area contributed by atoms with Crippen molar-refractivity contribution in [2.45, 2.75) is 38.1 Å². The van der Waals surface area contributed by atoms with E-state index in [4.69, 9.17) is 0 Å². The summed E-state index contributed by atoms with van der Waals surface area (Å²) in [6.45, 7) is 4.89. The molecular weight excluding hydrogens is 316 g/mol. The van der Waals surface area contributed by atoms with Crippen LogP contribution in [0.25, 0.3) is 0 Å². The molecule has 23 heavy (non-hydrogen) atoms. The Morgan fingerprint density at radius 3 is 2.57 bits per heavy atom. The minimum atomic E-state index is -3.14. The third-order valence-electron chi connectivity index (χ3n) is 4.83. The second kappa shape index (κ2) is 8.30. The topological polar surface area (TPSA) is 73.0 Å². The van der Waals surface area contributed by atoms with Crippen molar-refractivity contribution in [1.82, 2.24) is 19.4 Å². The number of hydrogen-bond acceptors (Lipinski definition) is 4. The Bertz CT molecular complexity index is 491. The van der Waals surface area contributed by atoms with Crippen molar-refractivity contribution >= 4 is 16.1 Å². The Morgan fingerprint density at radius 1 is 1.22 bits per heavy atom. The first-order valence-corrected chi connectivity index (χ1v) is 10.4. The number of carbonyl (C=O) groups excluding carboxylic acids is 1. The van der Waals surface area contributed by atoms with Gasteiger partial charge in [0.1, 0.15) is 0 Å². The minimum absolute atomic E-state index is 0.0177. The number of likely N-dealkylation sites (tertiary alicyclic amines) is 2. The van der Waals surface area contributed by atoms with Gasteiger partial charge in [0.2, 0.25) is 10.0 Å². The van der Waals surface area contributed by atoms with Gasteiger partial charge in [-0.25, -0.2) is 17.5 Å². The SMILES string of the molecule is CN(CCCNC(=O)N1CCC[C@H](N2CCCC2)C1)S(C)(=O)=O. The second-order valence-corrected chi connectivity index (χ2v) is 8.74. The Balaban J connectivity index is 1.68. The lowest BCUT2D eigenvalue weighted by atomic mass is 10.0. The van der Waals surface area contributed by atoms with Crippen molar-refractivity contribution in [2.75, 3.05) is 52.6 Å². The highest BCUT2D eigenvalue weighted by molar-refractivity contribution is 7.88. The molecule has 0 aromatic heterocycles. The average Bonchev–Trinajstić information content (AvgIpc) is 3.04. The number of hydrogen-bond donors (Lipinski definition) is 1. The van der Waals surface area contributed by atoms with Crippen LogP contribution < -0.4 is 5.32 Å². The van der Waals surface area contributed by atoms with Crippen LogP contribution in [0.15, 0.2) is 0 Å². The van der Waals surface area contributed by atoms with E-state index in [1.165, 1.54) is 29.8 Å². The van der Waals surface area contributed by atoms with E-state index in [-0.39, 0.29) is 6.03 Å². The number of nitrogens with one attached hydrogen (secondary N) is 1. The predicted octanol–water partition coefficient (Wildman–Crippen LogP) is 0.538. The van der Waals surface area contributed by atoms with Gasteiger partial charge in [-0.15, -0.1) is 0 Å². The summed E-state index contributed by atoms with van der Waals surface area (Å²) >= 11 is 0. The van der Waals surface area contributed by atoms with Gasteiger partial charge in [-0.3, -0.25) is 4.90 Å². The molecule has 134 valence electrons. The Morgan fingerprint density at radius 2 is 1.91 bits per heavy atom. The molecule has 0 aromatic rings. The maximum atomic E-state index is 12.3. The molecule has 2 fully saturated rings. The summed E-state index contributed by atoms with van der Waals surface area (Å²) in [5.41, 5.74) is 0. The minimum Gasteiger partial charge on any atom is -0.338 e. The van der Waals surface area contributed by atoms with Crippen molar-refractivity contribution in [1.29, 1.82) is 0 Å². The average molecular weight is 346 g/mol. The van der Waals surface area contributed by atoms with E-state index in [1.807, 2.05) is 4.90 Å². The van der Waals surface area contributed by atoms with Crippen LogP contribution in [0, 0.1) is 0 Å². The molecule has 0 aliphatic carbocycles. The highest BCUT2D eigenvalue weighted by atomic mass is 32.2. The molecule has 0 unspecified atom stereocenters. The predicted molar refractivity (Wildman–Crippen MR) is 90.9 cm³/mol. The summed E-state index contributed by atoms with van der Waals surface area (Å²) in [5, 5.41) is 2.92. The zero-order chi connectivity index (χ0) is 16.9. The van der Waals surface area contributed by atoms with E-state index in [2.05, 4.69) is 10.2 Å². The van der Waals surface area contributed by atoms with Gasteiger partial charge >= 0.3 is 6.03 Å². The third kappa shape index (κ3) is 5.61. The van der Waals surface area contributed by atoms with Crippen molar-refractivity contribution < 1.29 is 13.2 Å². The summed E-state index contributed by atoms with van der Waals surface area (Å²) in [5.74, 6) is 0. The van der Waals surface area contributed by atoms with E-state index >= 15 is 0 Å². The highest BCUT2D eigenvalue weighted by Crippen LogP contribution is 2.20. The van der Waals surface area contributed by atoms with Gasteiger partial charge < -0.3 is 10.2 Å². The lowest BCUT2D eigenvalue weighted by Gasteiger charge is -2.37. The van der Waals surface area contributed by atoms with E-state index in [9.17, 15) is 13.2 Å². The molecule has 1 atom stereocenters. The monoisotopic (exact) mass is 346 g/mol. The van der Waals surface area contributed by atoms with E-state index in [0.29, 0.717) is 25.6 Å². The summed E-state index contributed by atoms with van der Waals surface area (Å²) < 4.78 is 23.9. The smallest absolute Gasteiger partial charge is 0.317 e. The maximum absolute atomic E-state index is 12.3. The number of piperidine rings is 1. The third-order valence-corrected chi connectivity index (χ3v) is 6.15. The molecule has 2 aliphatic rings. The molecule has 0 aromatic carbocycles. The molecule has 2 heterocycles. The first-order valence-electron chi connectivity index (χ1n) is 8.56. The maximum Gasteiger partial charge on any atom is 0.317 e. The van der Waals surface area contributed by atoms with Gasteiger partial charge in [0.25, 0.3) is 0 Å². The van der Waals surface area contributed by atoms with Crippen LogP contribution in [0.3, 0.4) is 0 Å². The number of nitrogens with zero attached hydrogens (tertiary/aromatic N) is 3. The molecule has 0 radical (unpaired) electrons. The zero-order valence-electron chi connectivity index (χ0n) is 14.3. The fraction of sp³-hybridized carbons (Fsp3) is 0.933. The van der Waals surface area contributed by atoms with Crippen LogP contribution in [0.4, 0.5) is 4.79 Å². The Kier molecular flexibility index (Phi) is 6.67. The zero-order valence-corrected chi connectivity index (χ0v) is 15.1. The summed E-state index contributed by atoms with van der Waals surface area (Å²) in [7, 11) is -1.58. The number of sulfonamides is 1. The first-order chi connectivity index (χ1) is 10.9. The highest BCUT2D eigenvalue weighted by Gasteiger charge is 2.29. The molecule has 2 saturated heterocycles. The quantitative estimate of drug-likeness (QED) is 0.713. The molecule has 7 nitrogen and oxygen atoms in total. The molecule has 2 amide bonds. The van der Waals surface area contributed by atoms with Gasteiger partial charge in [0.05, 0.1) is 6.26 Å². The molecule has 8 heteroatoms. The molecule has 0 spiro atoms. The van der Waals surface area contributed by atoms with Crippen LogP contribution >= 0.6 is 0 Å². The number of amides is 2. The number of urea groups is 1. The van der Waals surface area contributed by atoms with Crippen LogP contribution in [-0.2, 0) is 10.0 Å². The first kappa shape index (κ1) is 18.5. The number of carbonyl (C=O) groups is 1. The van der Waals surface area contributed by atoms with Crippen LogP contribution in [0.2, 0.25) is 0 Å². The van der Waals surface area contributed by atoms with Crippen molar-refractivity contribution in [2.24, 2.45) is 0 Å². The van der Waals surface area contributed by atoms with Crippen LogP contribution in [0.5, 0.6) is 0 Å². The molecular formula is C15H30N4O3S. The van der Waals surface area contributed by atoms with Crippen molar-refractivity contribution in [3.63, 3.8) is 0 Å². The van der Waals surface area contributed by atoms with Crippen molar-refractivity contribution in [3.8, 4) is 0 Å². The van der Waals surface area contributed by atoms with Gasteiger partial charge in [-0.1, -0.05) is 0 Å².